The third-order valence-electron chi connectivity index (χ3n) is 5.32. The van der Waals surface area contributed by atoms with Crippen molar-refractivity contribution in [3.8, 4) is 5.75 Å². The first kappa shape index (κ1) is 21.8. The number of benzene rings is 2. The number of rotatable bonds is 5. The van der Waals surface area contributed by atoms with E-state index in [1.54, 1.807) is 43.3 Å². The van der Waals surface area contributed by atoms with Gasteiger partial charge in [-0.1, -0.05) is 17.3 Å². The summed E-state index contributed by atoms with van der Waals surface area (Å²) < 4.78 is 15.0. The average Bonchev–Trinajstić information content (AvgIpc) is 3.38. The quantitative estimate of drug-likeness (QED) is 0.273. The topological polar surface area (TPSA) is 119 Å². The minimum Gasteiger partial charge on any atom is -0.507 e. The summed E-state index contributed by atoms with van der Waals surface area (Å²) >= 11 is 0. The van der Waals surface area contributed by atoms with E-state index < -0.39 is 23.7 Å². The van der Waals surface area contributed by atoms with E-state index in [1.165, 1.54) is 37.3 Å². The molecule has 33 heavy (non-hydrogen) atoms. The molecule has 1 aliphatic heterocycles. The van der Waals surface area contributed by atoms with Gasteiger partial charge in [0, 0.05) is 11.6 Å². The first-order chi connectivity index (χ1) is 15.8. The van der Waals surface area contributed by atoms with E-state index in [0.717, 1.165) is 0 Å². The van der Waals surface area contributed by atoms with Crippen LogP contribution >= 0.6 is 0 Å². The maximum atomic E-state index is 13.1. The number of hydrogen-bond donors (Lipinski definition) is 1. The van der Waals surface area contributed by atoms with Crippen LogP contribution < -0.4 is 9.64 Å². The van der Waals surface area contributed by atoms with Gasteiger partial charge in [-0.05, 0) is 48.9 Å². The van der Waals surface area contributed by atoms with Gasteiger partial charge in [-0.3, -0.25) is 14.5 Å². The highest BCUT2D eigenvalue weighted by molar-refractivity contribution is 6.51. The fraction of sp³-hybridized carbons (Fsp3) is 0.167. The molecular formula is C24H20N2O7. The summed E-state index contributed by atoms with van der Waals surface area (Å²) in [6, 6.07) is 13.2. The highest BCUT2D eigenvalue weighted by atomic mass is 16.5. The van der Waals surface area contributed by atoms with E-state index >= 15 is 0 Å². The van der Waals surface area contributed by atoms with Gasteiger partial charge in [0.05, 0.1) is 31.4 Å². The van der Waals surface area contributed by atoms with Crippen molar-refractivity contribution in [1.82, 2.24) is 5.16 Å². The molecule has 1 N–H and O–H groups in total. The summed E-state index contributed by atoms with van der Waals surface area (Å²) in [4.78, 5) is 39.1. The third-order valence-corrected chi connectivity index (χ3v) is 5.32. The normalized spacial score (nSPS) is 17.3. The Balaban J connectivity index is 1.88. The van der Waals surface area contributed by atoms with Gasteiger partial charge in [0.25, 0.3) is 5.78 Å². The van der Waals surface area contributed by atoms with Gasteiger partial charge in [-0.25, -0.2) is 4.79 Å². The molecule has 9 heteroatoms. The van der Waals surface area contributed by atoms with Crippen molar-refractivity contribution in [3.63, 3.8) is 0 Å². The van der Waals surface area contributed by atoms with Crippen molar-refractivity contribution < 1.29 is 33.5 Å². The van der Waals surface area contributed by atoms with E-state index in [9.17, 15) is 19.5 Å². The summed E-state index contributed by atoms with van der Waals surface area (Å²) in [6.07, 6.45) is 0. The number of amides is 1. The van der Waals surface area contributed by atoms with Crippen LogP contribution in [0.25, 0.3) is 5.76 Å². The Kier molecular flexibility index (Phi) is 5.70. The summed E-state index contributed by atoms with van der Waals surface area (Å²) in [6.45, 7) is 1.66. The second-order valence-corrected chi connectivity index (χ2v) is 7.31. The Morgan fingerprint density at radius 3 is 2.21 bits per heavy atom. The van der Waals surface area contributed by atoms with Crippen LogP contribution in [0.4, 0.5) is 5.82 Å². The van der Waals surface area contributed by atoms with Crippen LogP contribution in [-0.2, 0) is 14.3 Å². The number of aromatic nitrogens is 1. The Labute approximate surface area is 188 Å². The van der Waals surface area contributed by atoms with Crippen LogP contribution in [0.2, 0.25) is 0 Å². The molecule has 4 rings (SSSR count). The molecule has 0 aliphatic carbocycles. The Bertz CT molecular complexity index is 1260. The zero-order valence-corrected chi connectivity index (χ0v) is 18.1. The van der Waals surface area contributed by atoms with Gasteiger partial charge in [-0.15, -0.1) is 0 Å². The number of aliphatic hydroxyl groups is 1. The molecule has 0 saturated carbocycles. The number of esters is 1. The number of aryl methyl sites for hydroxylation is 1. The SMILES string of the molecule is COC(=O)c1ccc(C2C(=C(O)c3ccc(OC)cc3)C(=O)C(=O)N2c2cc(C)on2)cc1. The number of carbonyl (C=O) groups is 3. The number of methoxy groups -OCH3 is 2. The lowest BCUT2D eigenvalue weighted by molar-refractivity contribution is -0.132. The first-order valence-corrected chi connectivity index (χ1v) is 9.92. The van der Waals surface area contributed by atoms with Crippen molar-refractivity contribution in [2.75, 3.05) is 19.1 Å². The number of nitrogens with zero attached hydrogens (tertiary/aromatic N) is 2. The molecule has 1 saturated heterocycles. The Morgan fingerprint density at radius 2 is 1.67 bits per heavy atom. The van der Waals surface area contributed by atoms with E-state index in [0.29, 0.717) is 28.2 Å². The molecule has 1 unspecified atom stereocenters. The van der Waals surface area contributed by atoms with Crippen LogP contribution in [-0.4, -0.2) is 42.1 Å². The number of anilines is 1. The predicted octanol–water partition coefficient (Wildman–Crippen LogP) is 3.40. The average molecular weight is 448 g/mol. The molecule has 1 aliphatic rings. The minimum atomic E-state index is -0.997. The number of carbonyl (C=O) groups excluding carboxylic acids is 3. The van der Waals surface area contributed by atoms with E-state index in [1.807, 2.05) is 0 Å². The fourth-order valence-electron chi connectivity index (χ4n) is 3.67. The van der Waals surface area contributed by atoms with Crippen LogP contribution in [0.3, 0.4) is 0 Å². The largest absolute Gasteiger partial charge is 0.507 e. The van der Waals surface area contributed by atoms with E-state index in [-0.39, 0.29) is 17.2 Å². The van der Waals surface area contributed by atoms with Gasteiger partial charge in [-0.2, -0.15) is 0 Å². The van der Waals surface area contributed by atoms with Crippen molar-refractivity contribution in [2.45, 2.75) is 13.0 Å². The second-order valence-electron chi connectivity index (χ2n) is 7.31. The highest BCUT2D eigenvalue weighted by Gasteiger charge is 2.48. The molecule has 1 atom stereocenters. The zero-order valence-electron chi connectivity index (χ0n) is 18.1. The monoisotopic (exact) mass is 448 g/mol. The number of hydrogen-bond acceptors (Lipinski definition) is 8. The summed E-state index contributed by atoms with van der Waals surface area (Å²) in [5.41, 5.74) is 1.00. The maximum absolute atomic E-state index is 13.1. The molecule has 0 radical (unpaired) electrons. The number of ketones is 1. The third kappa shape index (κ3) is 3.84. The summed E-state index contributed by atoms with van der Waals surface area (Å²) in [5.74, 6) is -1.46. The van der Waals surface area contributed by atoms with Crippen molar-refractivity contribution in [2.24, 2.45) is 0 Å². The highest BCUT2D eigenvalue weighted by Crippen LogP contribution is 2.42. The molecule has 3 aromatic rings. The fourth-order valence-corrected chi connectivity index (χ4v) is 3.67. The first-order valence-electron chi connectivity index (χ1n) is 9.92. The number of aliphatic hydroxyl groups excluding tert-OH is 1. The number of ether oxygens (including phenoxy) is 2. The summed E-state index contributed by atoms with van der Waals surface area (Å²) in [5, 5.41) is 15.0. The number of Topliss-reactive ketones (excluding diaryl/α,β-unsaturated/α-hetero) is 1. The van der Waals surface area contributed by atoms with Crippen molar-refractivity contribution >= 4 is 29.2 Å². The van der Waals surface area contributed by atoms with Crippen LogP contribution in [0, 0.1) is 6.92 Å². The van der Waals surface area contributed by atoms with Crippen molar-refractivity contribution in [1.29, 1.82) is 0 Å². The molecule has 1 aromatic heterocycles. The van der Waals surface area contributed by atoms with Gasteiger partial charge >= 0.3 is 11.9 Å². The van der Waals surface area contributed by atoms with Gasteiger partial charge in [0.2, 0.25) is 0 Å². The maximum Gasteiger partial charge on any atom is 0.337 e. The standard InChI is InChI=1S/C24H20N2O7/c1-13-12-18(25-33-13)26-20(14-4-6-16(7-5-14)24(30)32-3)19(22(28)23(26)29)21(27)15-8-10-17(31-2)11-9-15/h4-12,20,27H,1-3H3. The molecule has 0 spiro atoms. The lowest BCUT2D eigenvalue weighted by Crippen LogP contribution is -2.29. The molecule has 1 amide bonds. The lowest BCUT2D eigenvalue weighted by atomic mass is 9.94. The second kappa shape index (κ2) is 8.62. The van der Waals surface area contributed by atoms with E-state index in [4.69, 9.17) is 14.0 Å². The van der Waals surface area contributed by atoms with Crippen LogP contribution in [0.15, 0.2) is 64.7 Å². The van der Waals surface area contributed by atoms with Crippen LogP contribution in [0.1, 0.15) is 33.3 Å². The van der Waals surface area contributed by atoms with Gasteiger partial charge < -0.3 is 19.1 Å². The Hall–Kier alpha value is -4.40. The molecule has 1 fully saturated rings. The molecule has 168 valence electrons. The molecule has 0 bridgehead atoms. The van der Waals surface area contributed by atoms with Gasteiger partial charge in [0.1, 0.15) is 17.3 Å². The minimum absolute atomic E-state index is 0.114. The lowest BCUT2D eigenvalue weighted by Gasteiger charge is -2.23. The predicted molar refractivity (Wildman–Crippen MR) is 117 cm³/mol. The smallest absolute Gasteiger partial charge is 0.337 e. The van der Waals surface area contributed by atoms with E-state index in [2.05, 4.69) is 5.16 Å². The van der Waals surface area contributed by atoms with Crippen molar-refractivity contribution in [3.05, 3.63) is 82.6 Å². The molecule has 2 aromatic carbocycles. The molecular weight excluding hydrogens is 428 g/mol. The zero-order chi connectivity index (χ0) is 23.7. The summed E-state index contributed by atoms with van der Waals surface area (Å²) in [7, 11) is 2.78. The van der Waals surface area contributed by atoms with Gasteiger partial charge in [0.15, 0.2) is 5.82 Å². The van der Waals surface area contributed by atoms with Crippen LogP contribution in [0.5, 0.6) is 5.75 Å². The Morgan fingerprint density at radius 1 is 1.03 bits per heavy atom. The molecule has 2 heterocycles. The molecule has 9 nitrogen and oxygen atoms in total.